The van der Waals surface area contributed by atoms with Gasteiger partial charge < -0.3 is 9.13 Å². The number of benzene rings is 3. The number of fused-ring (bicyclic) bond motifs is 1. The first-order chi connectivity index (χ1) is 13.0. The summed E-state index contributed by atoms with van der Waals surface area (Å²) in [7, 11) is -1.80. The maximum absolute atomic E-state index is 14.4. The molecule has 0 saturated carbocycles. The smallest absolute Gasteiger partial charge is 0.262 e. The quantitative estimate of drug-likeness (QED) is 0.514. The van der Waals surface area contributed by atoms with E-state index in [2.05, 4.69) is 0 Å². The molecule has 0 aliphatic rings. The molecule has 0 saturated heterocycles. The van der Waals surface area contributed by atoms with E-state index in [1.54, 1.807) is 67.7 Å². The van der Waals surface area contributed by atoms with Crippen molar-refractivity contribution in [2.45, 2.75) is 0 Å². The Hall–Kier alpha value is -2.97. The van der Waals surface area contributed by atoms with Crippen LogP contribution in [0.25, 0.3) is 10.9 Å². The number of nitrogens with zero attached hydrogens (tertiary/aromatic N) is 1. The van der Waals surface area contributed by atoms with Crippen LogP contribution >= 0.6 is 7.14 Å². The van der Waals surface area contributed by atoms with Crippen molar-refractivity contribution in [1.29, 1.82) is 0 Å². The molecule has 0 unspecified atom stereocenters. The molecule has 27 heavy (non-hydrogen) atoms. The highest BCUT2D eigenvalue weighted by molar-refractivity contribution is 7.85. The monoisotopic (exact) mass is 377 g/mol. The molecule has 134 valence electrons. The molecule has 1 heterocycles. The van der Waals surface area contributed by atoms with Crippen molar-refractivity contribution in [3.63, 3.8) is 0 Å². The zero-order valence-electron chi connectivity index (χ0n) is 14.7. The van der Waals surface area contributed by atoms with Crippen LogP contribution in [0.15, 0.2) is 89.7 Å². The predicted octanol–water partition coefficient (Wildman–Crippen LogP) is 3.32. The summed E-state index contributed by atoms with van der Waals surface area (Å²) in [4.78, 5) is 13.2. The highest BCUT2D eigenvalue weighted by atomic mass is 31.2. The van der Waals surface area contributed by atoms with E-state index in [-0.39, 0.29) is 10.9 Å². The molecule has 0 aliphatic heterocycles. The van der Waals surface area contributed by atoms with E-state index in [1.807, 2.05) is 12.1 Å². The largest absolute Gasteiger partial charge is 0.311 e. The van der Waals surface area contributed by atoms with Gasteiger partial charge in [0.25, 0.3) is 5.56 Å². The molecule has 0 radical (unpaired) electrons. The molecular formula is C22H17FNO2P. The summed E-state index contributed by atoms with van der Waals surface area (Å²) in [6.07, 6.45) is 0. The molecule has 1 aromatic heterocycles. The van der Waals surface area contributed by atoms with E-state index < -0.39 is 13.0 Å². The first-order valence-electron chi connectivity index (χ1n) is 8.53. The van der Waals surface area contributed by atoms with Crippen LogP contribution in [0, 0.1) is 5.82 Å². The number of aryl methyl sites for hydroxylation is 1. The van der Waals surface area contributed by atoms with Crippen molar-refractivity contribution in [3.05, 3.63) is 101 Å². The van der Waals surface area contributed by atoms with Gasteiger partial charge in [-0.05, 0) is 24.3 Å². The first-order valence-corrected chi connectivity index (χ1v) is 10.2. The Morgan fingerprint density at radius 2 is 1.37 bits per heavy atom. The first kappa shape index (κ1) is 17.4. The molecule has 0 N–H and O–H groups in total. The molecular weight excluding hydrogens is 360 g/mol. The van der Waals surface area contributed by atoms with E-state index in [9.17, 15) is 13.8 Å². The van der Waals surface area contributed by atoms with Crippen LogP contribution in [0.1, 0.15) is 0 Å². The van der Waals surface area contributed by atoms with Crippen molar-refractivity contribution in [2.75, 3.05) is 0 Å². The fraction of sp³-hybridized carbons (Fsp3) is 0.0455. The Bertz CT molecular complexity index is 1190. The summed E-state index contributed by atoms with van der Waals surface area (Å²) < 4.78 is 29.6. The van der Waals surface area contributed by atoms with Crippen LogP contribution in [-0.4, -0.2) is 4.57 Å². The highest BCUT2D eigenvalue weighted by Crippen LogP contribution is 2.41. The van der Waals surface area contributed by atoms with Gasteiger partial charge in [-0.2, -0.15) is 0 Å². The van der Waals surface area contributed by atoms with Gasteiger partial charge in [-0.25, -0.2) is 4.39 Å². The van der Waals surface area contributed by atoms with Gasteiger partial charge in [-0.15, -0.1) is 0 Å². The van der Waals surface area contributed by atoms with Gasteiger partial charge >= 0.3 is 0 Å². The minimum Gasteiger partial charge on any atom is -0.311 e. The van der Waals surface area contributed by atoms with Gasteiger partial charge in [0.1, 0.15) is 5.82 Å². The van der Waals surface area contributed by atoms with Crippen molar-refractivity contribution >= 4 is 34.0 Å². The van der Waals surface area contributed by atoms with E-state index in [1.165, 1.54) is 16.7 Å². The second kappa shape index (κ2) is 6.64. The lowest BCUT2D eigenvalue weighted by Gasteiger charge is -2.20. The predicted molar refractivity (Wildman–Crippen MR) is 109 cm³/mol. The zero-order valence-corrected chi connectivity index (χ0v) is 15.6. The second-order valence-electron chi connectivity index (χ2n) is 6.38. The fourth-order valence-corrected chi connectivity index (χ4v) is 6.14. The van der Waals surface area contributed by atoms with Gasteiger partial charge in [0.2, 0.25) is 0 Å². The molecule has 0 spiro atoms. The van der Waals surface area contributed by atoms with Crippen LogP contribution in [-0.2, 0) is 11.6 Å². The van der Waals surface area contributed by atoms with Gasteiger partial charge in [0.05, 0.1) is 10.8 Å². The third kappa shape index (κ3) is 2.83. The van der Waals surface area contributed by atoms with Gasteiger partial charge in [-0.1, -0.05) is 60.7 Å². The number of hydrogen-bond acceptors (Lipinski definition) is 2. The molecule has 5 heteroatoms. The van der Waals surface area contributed by atoms with Gasteiger partial charge in [-0.3, -0.25) is 4.79 Å². The Morgan fingerprint density at radius 3 is 1.93 bits per heavy atom. The van der Waals surface area contributed by atoms with Crippen molar-refractivity contribution in [2.24, 2.45) is 7.05 Å². The minimum atomic E-state index is -3.42. The highest BCUT2D eigenvalue weighted by Gasteiger charge is 2.33. The summed E-state index contributed by atoms with van der Waals surface area (Å²) >= 11 is 0. The second-order valence-corrected chi connectivity index (χ2v) is 9.11. The van der Waals surface area contributed by atoms with Crippen LogP contribution in [0.2, 0.25) is 0 Å². The Balaban J connectivity index is 2.13. The van der Waals surface area contributed by atoms with E-state index in [0.717, 1.165) is 0 Å². The molecule has 3 aromatic carbocycles. The average molecular weight is 377 g/mol. The van der Waals surface area contributed by atoms with E-state index >= 15 is 0 Å². The maximum Gasteiger partial charge on any atom is 0.262 e. The third-order valence-electron chi connectivity index (χ3n) is 4.75. The Labute approximate surface area is 156 Å². The summed E-state index contributed by atoms with van der Waals surface area (Å²) in [5, 5.41) is 1.87. The summed E-state index contributed by atoms with van der Waals surface area (Å²) in [6.45, 7) is 0. The van der Waals surface area contributed by atoms with Crippen molar-refractivity contribution in [1.82, 2.24) is 4.57 Å². The van der Waals surface area contributed by atoms with Gasteiger partial charge in [0, 0.05) is 23.0 Å². The summed E-state index contributed by atoms with van der Waals surface area (Å²) in [6, 6.07) is 23.8. The molecule has 0 atom stereocenters. The number of halogens is 1. The maximum atomic E-state index is 14.4. The average Bonchev–Trinajstić information content (AvgIpc) is 2.71. The van der Waals surface area contributed by atoms with Crippen molar-refractivity contribution < 1.29 is 8.96 Å². The van der Waals surface area contributed by atoms with Crippen LogP contribution < -0.4 is 21.5 Å². The molecule has 0 aliphatic carbocycles. The van der Waals surface area contributed by atoms with Crippen LogP contribution in [0.3, 0.4) is 0 Å². The lowest BCUT2D eigenvalue weighted by Crippen LogP contribution is -2.38. The zero-order chi connectivity index (χ0) is 19.0. The normalized spacial score (nSPS) is 11.6. The number of aromatic nitrogens is 1. The lowest BCUT2D eigenvalue weighted by molar-refractivity contribution is 0.592. The Morgan fingerprint density at radius 1 is 0.815 bits per heavy atom. The molecule has 3 nitrogen and oxygen atoms in total. The Kier molecular flexibility index (Phi) is 4.29. The SMILES string of the molecule is Cn1c(=O)c(P(=O)(c2ccccc2)c2ccccc2)cc2cc(F)ccc21. The fourth-order valence-electron chi connectivity index (χ4n) is 3.37. The van der Waals surface area contributed by atoms with E-state index in [4.69, 9.17) is 0 Å². The molecule has 0 amide bonds. The lowest BCUT2D eigenvalue weighted by atomic mass is 10.2. The number of rotatable bonds is 3. The third-order valence-corrected chi connectivity index (χ3v) is 7.80. The van der Waals surface area contributed by atoms with Crippen LogP contribution in [0.4, 0.5) is 4.39 Å². The summed E-state index contributed by atoms with van der Waals surface area (Å²) in [5.74, 6) is -0.402. The van der Waals surface area contributed by atoms with Crippen LogP contribution in [0.5, 0.6) is 0 Å². The molecule has 0 bridgehead atoms. The number of pyridine rings is 1. The molecule has 0 fully saturated rings. The summed E-state index contributed by atoms with van der Waals surface area (Å²) in [5.41, 5.74) is 0.253. The molecule has 4 aromatic rings. The number of hydrogen-bond donors (Lipinski definition) is 0. The standard InChI is InChI=1S/C22H17FNO2P/c1-24-20-13-12-17(23)14-16(20)15-21(22(24)25)27(26,18-8-4-2-5-9-18)19-10-6-3-7-11-19/h2-15H,1H3. The van der Waals surface area contributed by atoms with Crippen molar-refractivity contribution in [3.8, 4) is 0 Å². The topological polar surface area (TPSA) is 39.1 Å². The van der Waals surface area contributed by atoms with E-state index in [0.29, 0.717) is 21.5 Å². The minimum absolute atomic E-state index is 0.181. The molecule has 4 rings (SSSR count). The van der Waals surface area contributed by atoms with Gasteiger partial charge in [0.15, 0.2) is 7.14 Å².